The van der Waals surface area contributed by atoms with Gasteiger partial charge in [-0.2, -0.15) is 0 Å². The van der Waals surface area contributed by atoms with E-state index in [2.05, 4.69) is 20.2 Å². The second-order valence-electron chi connectivity index (χ2n) is 7.86. The average Bonchev–Trinajstić information content (AvgIpc) is 3.25. The van der Waals surface area contributed by atoms with Crippen LogP contribution in [-0.2, 0) is 25.2 Å². The van der Waals surface area contributed by atoms with Crippen molar-refractivity contribution in [1.82, 2.24) is 24.8 Å². The Labute approximate surface area is 182 Å². The standard InChI is InChI=1S/C21H22FN5O3S/c1-21(2)20-25-16(18(29)23-9-13-3-5-14(22)6-4-13)17(28)19(30)27(20)8-7-26(21)10-15-11-31-12-24-15/h3-6,11-12,28H,7-10H2,1-2H3,(H,23,29). The number of hydrogen-bond donors (Lipinski definition) is 2. The first-order chi connectivity index (χ1) is 14.8. The van der Waals surface area contributed by atoms with Crippen LogP contribution < -0.4 is 10.9 Å². The highest BCUT2D eigenvalue weighted by Gasteiger charge is 2.39. The number of nitrogens with one attached hydrogen (secondary N) is 1. The average molecular weight is 444 g/mol. The summed E-state index contributed by atoms with van der Waals surface area (Å²) >= 11 is 1.51. The predicted molar refractivity (Wildman–Crippen MR) is 113 cm³/mol. The van der Waals surface area contributed by atoms with Gasteiger partial charge in [-0.1, -0.05) is 12.1 Å². The van der Waals surface area contributed by atoms with Crippen LogP contribution in [0.3, 0.4) is 0 Å². The van der Waals surface area contributed by atoms with Gasteiger partial charge in [-0.3, -0.25) is 19.1 Å². The van der Waals surface area contributed by atoms with Gasteiger partial charge in [-0.05, 0) is 31.5 Å². The van der Waals surface area contributed by atoms with Crippen LogP contribution in [0.5, 0.6) is 5.75 Å². The number of carbonyl (C=O) groups is 1. The fourth-order valence-corrected chi connectivity index (χ4v) is 4.22. The van der Waals surface area contributed by atoms with Gasteiger partial charge < -0.3 is 10.4 Å². The van der Waals surface area contributed by atoms with Gasteiger partial charge in [0.15, 0.2) is 5.69 Å². The predicted octanol–water partition coefficient (Wildman–Crippen LogP) is 2.23. The maximum atomic E-state index is 13.1. The van der Waals surface area contributed by atoms with Crippen molar-refractivity contribution in [2.75, 3.05) is 6.54 Å². The van der Waals surface area contributed by atoms with E-state index in [1.807, 2.05) is 19.2 Å². The molecule has 1 aliphatic rings. The molecule has 0 aliphatic carbocycles. The summed E-state index contributed by atoms with van der Waals surface area (Å²) in [6.45, 7) is 5.47. The summed E-state index contributed by atoms with van der Waals surface area (Å²) in [4.78, 5) is 36.4. The zero-order chi connectivity index (χ0) is 22.2. The van der Waals surface area contributed by atoms with Gasteiger partial charge in [0.05, 0.1) is 16.7 Å². The topological polar surface area (TPSA) is 100 Å². The molecule has 0 radical (unpaired) electrons. The summed E-state index contributed by atoms with van der Waals surface area (Å²) in [7, 11) is 0. The molecule has 0 bridgehead atoms. The van der Waals surface area contributed by atoms with Crippen LogP contribution in [-0.4, -0.2) is 37.0 Å². The Bertz CT molecular complexity index is 1160. The van der Waals surface area contributed by atoms with Gasteiger partial charge in [-0.15, -0.1) is 11.3 Å². The van der Waals surface area contributed by atoms with Crippen molar-refractivity contribution in [3.63, 3.8) is 0 Å². The lowest BCUT2D eigenvalue weighted by Gasteiger charge is -2.42. The largest absolute Gasteiger partial charge is 0.501 e. The molecular formula is C21H22FN5O3S. The summed E-state index contributed by atoms with van der Waals surface area (Å²) in [6, 6.07) is 5.68. The van der Waals surface area contributed by atoms with Crippen molar-refractivity contribution < 1.29 is 14.3 Å². The first kappa shape index (κ1) is 21.1. The molecule has 4 rings (SSSR count). The lowest BCUT2D eigenvalue weighted by Crippen LogP contribution is -2.52. The Morgan fingerprint density at radius 3 is 2.71 bits per heavy atom. The van der Waals surface area contributed by atoms with E-state index >= 15 is 0 Å². The minimum Gasteiger partial charge on any atom is -0.501 e. The molecule has 1 aromatic carbocycles. The Kier molecular flexibility index (Phi) is 5.59. The summed E-state index contributed by atoms with van der Waals surface area (Å²) in [5.74, 6) is -1.32. The van der Waals surface area contributed by atoms with Crippen molar-refractivity contribution in [3.05, 3.63) is 74.1 Å². The molecule has 0 fully saturated rings. The number of aromatic nitrogens is 3. The molecule has 0 spiro atoms. The van der Waals surface area contributed by atoms with Crippen LogP contribution in [0.1, 0.15) is 41.4 Å². The molecule has 162 valence electrons. The monoisotopic (exact) mass is 443 g/mol. The van der Waals surface area contributed by atoms with Crippen LogP contribution in [0.4, 0.5) is 4.39 Å². The first-order valence-electron chi connectivity index (χ1n) is 9.76. The number of fused-ring (bicyclic) bond motifs is 1. The quantitative estimate of drug-likeness (QED) is 0.627. The summed E-state index contributed by atoms with van der Waals surface area (Å²) < 4.78 is 14.5. The third kappa shape index (κ3) is 4.08. The van der Waals surface area contributed by atoms with Gasteiger partial charge in [-0.25, -0.2) is 14.4 Å². The van der Waals surface area contributed by atoms with Gasteiger partial charge in [0, 0.05) is 31.6 Å². The molecule has 0 saturated carbocycles. The van der Waals surface area contributed by atoms with E-state index in [0.29, 0.717) is 31.0 Å². The van der Waals surface area contributed by atoms with E-state index in [1.54, 1.807) is 17.6 Å². The van der Waals surface area contributed by atoms with Crippen molar-refractivity contribution in [1.29, 1.82) is 0 Å². The molecule has 3 heterocycles. The van der Waals surface area contributed by atoms with E-state index in [0.717, 1.165) is 5.69 Å². The maximum Gasteiger partial charge on any atom is 0.296 e. The number of thiazole rings is 1. The SMILES string of the molecule is CC1(C)c2nc(C(=O)NCc3ccc(F)cc3)c(O)c(=O)n2CCN1Cc1cscn1. The van der Waals surface area contributed by atoms with Crippen LogP contribution in [0.15, 0.2) is 40.0 Å². The molecule has 0 atom stereocenters. The summed E-state index contributed by atoms with van der Waals surface area (Å²) in [5, 5.41) is 15.0. The molecule has 1 aliphatic heterocycles. The highest BCUT2D eigenvalue weighted by Crippen LogP contribution is 2.31. The van der Waals surface area contributed by atoms with E-state index < -0.39 is 22.8 Å². The fourth-order valence-electron chi connectivity index (χ4n) is 3.68. The minimum absolute atomic E-state index is 0.109. The van der Waals surface area contributed by atoms with Crippen LogP contribution >= 0.6 is 11.3 Å². The summed E-state index contributed by atoms with van der Waals surface area (Å²) in [6.07, 6.45) is 0. The molecule has 0 unspecified atom stereocenters. The molecule has 1 amide bonds. The molecule has 2 aromatic heterocycles. The second-order valence-corrected chi connectivity index (χ2v) is 8.58. The van der Waals surface area contributed by atoms with Crippen LogP contribution in [0, 0.1) is 5.82 Å². The zero-order valence-corrected chi connectivity index (χ0v) is 17.9. The van der Waals surface area contributed by atoms with Gasteiger partial charge in [0.1, 0.15) is 11.6 Å². The number of benzene rings is 1. The Morgan fingerprint density at radius 1 is 1.29 bits per heavy atom. The summed E-state index contributed by atoms with van der Waals surface area (Å²) in [5.41, 5.74) is 1.74. The molecule has 8 nitrogen and oxygen atoms in total. The number of aromatic hydroxyl groups is 1. The van der Waals surface area contributed by atoms with E-state index in [4.69, 9.17) is 0 Å². The molecule has 31 heavy (non-hydrogen) atoms. The number of hydrogen-bond acceptors (Lipinski definition) is 7. The minimum atomic E-state index is -0.677. The van der Waals surface area contributed by atoms with E-state index in [1.165, 1.54) is 28.0 Å². The lowest BCUT2D eigenvalue weighted by molar-refractivity contribution is 0.0639. The smallest absolute Gasteiger partial charge is 0.296 e. The second kappa shape index (κ2) is 8.20. The normalized spacial score (nSPS) is 15.5. The molecule has 2 N–H and O–H groups in total. The third-order valence-electron chi connectivity index (χ3n) is 5.49. The molecular weight excluding hydrogens is 421 g/mol. The number of halogens is 1. The molecule has 0 saturated heterocycles. The Morgan fingerprint density at radius 2 is 2.03 bits per heavy atom. The van der Waals surface area contributed by atoms with Crippen LogP contribution in [0.2, 0.25) is 0 Å². The van der Waals surface area contributed by atoms with Crippen molar-refractivity contribution in [2.45, 2.75) is 39.0 Å². The van der Waals surface area contributed by atoms with E-state index in [9.17, 15) is 19.1 Å². The highest BCUT2D eigenvalue weighted by molar-refractivity contribution is 7.07. The Balaban J connectivity index is 1.62. The number of carbonyl (C=O) groups excluding carboxylic acids is 1. The zero-order valence-electron chi connectivity index (χ0n) is 17.1. The number of amides is 1. The Hall–Kier alpha value is -3.11. The van der Waals surface area contributed by atoms with Crippen molar-refractivity contribution in [2.24, 2.45) is 0 Å². The number of nitrogens with zero attached hydrogens (tertiary/aromatic N) is 4. The fraction of sp³-hybridized carbons (Fsp3) is 0.333. The third-order valence-corrected chi connectivity index (χ3v) is 6.13. The number of rotatable bonds is 5. The van der Waals surface area contributed by atoms with Gasteiger partial charge in [0.25, 0.3) is 11.5 Å². The highest BCUT2D eigenvalue weighted by atomic mass is 32.1. The molecule has 3 aromatic rings. The molecule has 10 heteroatoms. The first-order valence-corrected chi connectivity index (χ1v) is 10.7. The van der Waals surface area contributed by atoms with Crippen molar-refractivity contribution >= 4 is 17.2 Å². The van der Waals surface area contributed by atoms with Gasteiger partial charge in [0.2, 0.25) is 5.75 Å². The van der Waals surface area contributed by atoms with Gasteiger partial charge >= 0.3 is 0 Å². The maximum absolute atomic E-state index is 13.1. The van der Waals surface area contributed by atoms with E-state index in [-0.39, 0.29) is 18.1 Å². The van der Waals surface area contributed by atoms with Crippen LogP contribution in [0.25, 0.3) is 0 Å². The van der Waals surface area contributed by atoms with Crippen molar-refractivity contribution in [3.8, 4) is 5.75 Å². The lowest BCUT2D eigenvalue weighted by atomic mass is 9.98.